The van der Waals surface area contributed by atoms with Crippen molar-refractivity contribution in [2.24, 2.45) is 0 Å². The van der Waals surface area contributed by atoms with Crippen molar-refractivity contribution < 1.29 is 0 Å². The zero-order valence-corrected chi connectivity index (χ0v) is 9.42. The minimum Gasteiger partial charge on any atom is -0.370 e. The molecular weight excluding hydrogens is 240 g/mol. The maximum Gasteiger partial charge on any atom is 0.101 e. The molecule has 14 heavy (non-hydrogen) atoms. The fraction of sp³-hybridized carbons (Fsp3) is 0.364. The van der Waals surface area contributed by atoms with Crippen molar-refractivity contribution in [3.63, 3.8) is 0 Å². The van der Waals surface area contributed by atoms with Crippen LogP contribution in [0.15, 0.2) is 22.7 Å². The van der Waals surface area contributed by atoms with Crippen LogP contribution in [0, 0.1) is 11.3 Å². The Labute approximate surface area is 92.3 Å². The molecule has 0 aliphatic carbocycles. The molecule has 2 rings (SSSR count). The number of rotatable bonds is 1. The Kier molecular flexibility index (Phi) is 2.74. The van der Waals surface area contributed by atoms with Crippen LogP contribution in [-0.2, 0) is 0 Å². The van der Waals surface area contributed by atoms with E-state index in [0.29, 0.717) is 0 Å². The first kappa shape index (κ1) is 9.54. The van der Waals surface area contributed by atoms with Gasteiger partial charge in [0.25, 0.3) is 0 Å². The average molecular weight is 251 g/mol. The van der Waals surface area contributed by atoms with Crippen LogP contribution in [0.4, 0.5) is 5.69 Å². The molecule has 0 radical (unpaired) electrons. The van der Waals surface area contributed by atoms with Gasteiger partial charge in [-0.3, -0.25) is 0 Å². The molecule has 3 heteroatoms. The van der Waals surface area contributed by atoms with Crippen LogP contribution in [0.1, 0.15) is 18.4 Å². The van der Waals surface area contributed by atoms with E-state index >= 15 is 0 Å². The fourth-order valence-electron chi connectivity index (χ4n) is 1.82. The number of benzene rings is 1. The summed E-state index contributed by atoms with van der Waals surface area (Å²) in [4.78, 5) is 2.28. The summed E-state index contributed by atoms with van der Waals surface area (Å²) in [7, 11) is 0. The fourth-order valence-corrected chi connectivity index (χ4v) is 2.17. The predicted octanol–water partition coefficient (Wildman–Crippen LogP) is 2.92. The second kappa shape index (κ2) is 4.02. The molecular formula is C11H11BrN2. The van der Waals surface area contributed by atoms with Gasteiger partial charge in [0.2, 0.25) is 0 Å². The van der Waals surface area contributed by atoms with E-state index in [2.05, 4.69) is 26.9 Å². The molecule has 1 aromatic carbocycles. The molecule has 72 valence electrons. The smallest absolute Gasteiger partial charge is 0.101 e. The summed E-state index contributed by atoms with van der Waals surface area (Å²) in [5, 5.41) is 8.98. The van der Waals surface area contributed by atoms with Crippen molar-refractivity contribution in [1.29, 1.82) is 5.26 Å². The molecule has 1 heterocycles. The lowest BCUT2D eigenvalue weighted by Crippen LogP contribution is -2.18. The van der Waals surface area contributed by atoms with Gasteiger partial charge in [0.15, 0.2) is 0 Å². The van der Waals surface area contributed by atoms with E-state index in [9.17, 15) is 0 Å². The van der Waals surface area contributed by atoms with E-state index in [1.807, 2.05) is 18.2 Å². The third-order valence-corrected chi connectivity index (χ3v) is 3.02. The van der Waals surface area contributed by atoms with Gasteiger partial charge in [-0.2, -0.15) is 5.26 Å². The van der Waals surface area contributed by atoms with Gasteiger partial charge < -0.3 is 4.90 Å². The first-order valence-corrected chi connectivity index (χ1v) is 5.55. The number of anilines is 1. The Morgan fingerprint density at radius 3 is 2.64 bits per heavy atom. The maximum atomic E-state index is 8.98. The lowest BCUT2D eigenvalue weighted by atomic mass is 10.2. The van der Waals surface area contributed by atoms with E-state index < -0.39 is 0 Å². The van der Waals surface area contributed by atoms with Gasteiger partial charge in [-0.25, -0.2) is 0 Å². The van der Waals surface area contributed by atoms with E-state index in [0.717, 1.165) is 28.8 Å². The predicted molar refractivity (Wildman–Crippen MR) is 60.3 cm³/mol. The van der Waals surface area contributed by atoms with Gasteiger partial charge in [-0.15, -0.1) is 0 Å². The monoisotopic (exact) mass is 250 g/mol. The molecule has 0 spiro atoms. The van der Waals surface area contributed by atoms with Crippen LogP contribution in [0.2, 0.25) is 0 Å². The second-order valence-corrected chi connectivity index (χ2v) is 4.38. The van der Waals surface area contributed by atoms with E-state index in [-0.39, 0.29) is 0 Å². The molecule has 0 bridgehead atoms. The summed E-state index contributed by atoms with van der Waals surface area (Å²) in [5.74, 6) is 0. The molecule has 1 saturated heterocycles. The van der Waals surface area contributed by atoms with Crippen molar-refractivity contribution in [3.8, 4) is 6.07 Å². The quantitative estimate of drug-likeness (QED) is 0.767. The molecule has 0 aromatic heterocycles. The first-order valence-electron chi connectivity index (χ1n) is 4.76. The van der Waals surface area contributed by atoms with Crippen LogP contribution in [0.25, 0.3) is 0 Å². The molecule has 0 N–H and O–H groups in total. The topological polar surface area (TPSA) is 27.0 Å². The van der Waals surface area contributed by atoms with Gasteiger partial charge in [-0.1, -0.05) is 15.9 Å². The Morgan fingerprint density at radius 1 is 1.29 bits per heavy atom. The molecule has 1 fully saturated rings. The Hall–Kier alpha value is -1.01. The van der Waals surface area contributed by atoms with E-state index in [4.69, 9.17) is 5.26 Å². The summed E-state index contributed by atoms with van der Waals surface area (Å²) in [5.41, 5.74) is 1.84. The molecule has 0 amide bonds. The highest BCUT2D eigenvalue weighted by molar-refractivity contribution is 9.10. The number of nitrogens with zero attached hydrogens (tertiary/aromatic N) is 2. The van der Waals surface area contributed by atoms with Crippen LogP contribution >= 0.6 is 15.9 Å². The normalized spacial score (nSPS) is 15.6. The third-order valence-electron chi connectivity index (χ3n) is 2.53. The second-order valence-electron chi connectivity index (χ2n) is 3.47. The third kappa shape index (κ3) is 1.76. The van der Waals surface area contributed by atoms with Crippen molar-refractivity contribution in [2.75, 3.05) is 18.0 Å². The molecule has 1 aliphatic heterocycles. The molecule has 2 nitrogen and oxygen atoms in total. The number of nitriles is 1. The number of hydrogen-bond acceptors (Lipinski definition) is 2. The molecule has 0 atom stereocenters. The number of halogens is 1. The summed E-state index contributed by atoms with van der Waals surface area (Å²) in [6.07, 6.45) is 2.47. The van der Waals surface area contributed by atoms with Crippen molar-refractivity contribution in [1.82, 2.24) is 0 Å². The highest BCUT2D eigenvalue weighted by Gasteiger charge is 2.15. The van der Waals surface area contributed by atoms with E-state index in [1.54, 1.807) is 0 Å². The molecule has 1 aliphatic rings. The first-order chi connectivity index (χ1) is 6.81. The van der Waals surface area contributed by atoms with Crippen LogP contribution < -0.4 is 4.90 Å². The lowest BCUT2D eigenvalue weighted by Gasteiger charge is -2.18. The van der Waals surface area contributed by atoms with Gasteiger partial charge in [-0.05, 0) is 31.0 Å². The van der Waals surface area contributed by atoms with E-state index in [1.165, 1.54) is 12.8 Å². The largest absolute Gasteiger partial charge is 0.370 e. The maximum absolute atomic E-state index is 8.98. The van der Waals surface area contributed by atoms with Gasteiger partial charge in [0.05, 0.1) is 11.3 Å². The minimum atomic E-state index is 0.773. The average Bonchev–Trinajstić information content (AvgIpc) is 2.70. The van der Waals surface area contributed by atoms with Gasteiger partial charge >= 0.3 is 0 Å². The summed E-state index contributed by atoms with van der Waals surface area (Å²) in [6.45, 7) is 2.15. The van der Waals surface area contributed by atoms with Gasteiger partial charge in [0.1, 0.15) is 6.07 Å². The summed E-state index contributed by atoms with van der Waals surface area (Å²) in [6, 6.07) is 8.06. The van der Waals surface area contributed by atoms with Crippen LogP contribution in [0.3, 0.4) is 0 Å². The Morgan fingerprint density at radius 2 is 2.00 bits per heavy atom. The molecule has 0 unspecified atom stereocenters. The minimum absolute atomic E-state index is 0.773. The van der Waals surface area contributed by atoms with Crippen molar-refractivity contribution >= 4 is 21.6 Å². The standard InChI is InChI=1S/C11H11BrN2/c12-10-4-3-9(8-13)11(7-10)14-5-1-2-6-14/h3-4,7H,1-2,5-6H2. The van der Waals surface area contributed by atoms with Crippen LogP contribution in [0.5, 0.6) is 0 Å². The van der Waals surface area contributed by atoms with Crippen molar-refractivity contribution in [2.45, 2.75) is 12.8 Å². The summed E-state index contributed by atoms with van der Waals surface area (Å²) < 4.78 is 1.04. The number of hydrogen-bond donors (Lipinski definition) is 0. The van der Waals surface area contributed by atoms with Crippen LogP contribution in [-0.4, -0.2) is 13.1 Å². The molecule has 1 aromatic rings. The van der Waals surface area contributed by atoms with Crippen molar-refractivity contribution in [3.05, 3.63) is 28.2 Å². The highest BCUT2D eigenvalue weighted by atomic mass is 79.9. The zero-order chi connectivity index (χ0) is 9.97. The van der Waals surface area contributed by atoms with Gasteiger partial charge in [0, 0.05) is 17.6 Å². The zero-order valence-electron chi connectivity index (χ0n) is 7.83. The molecule has 0 saturated carbocycles. The highest BCUT2D eigenvalue weighted by Crippen LogP contribution is 2.27. The summed E-state index contributed by atoms with van der Waals surface area (Å²) >= 11 is 3.44. The Balaban J connectivity index is 2.39. The lowest BCUT2D eigenvalue weighted by molar-refractivity contribution is 0.949. The Bertz CT molecular complexity index is 375. The SMILES string of the molecule is N#Cc1ccc(Br)cc1N1CCCC1.